The zero-order valence-corrected chi connectivity index (χ0v) is 14.6. The first-order chi connectivity index (χ1) is 11.6. The first-order valence-electron chi connectivity index (χ1n) is 7.50. The molecule has 0 aromatic heterocycles. The molecule has 0 aliphatic carbocycles. The number of nitrogens with one attached hydrogen (secondary N) is 1. The highest BCUT2D eigenvalue weighted by molar-refractivity contribution is 8.15. The van der Waals surface area contributed by atoms with E-state index >= 15 is 0 Å². The van der Waals surface area contributed by atoms with Crippen molar-refractivity contribution in [1.29, 1.82) is 0 Å². The average Bonchev–Trinajstić information content (AvgIpc) is 2.89. The van der Waals surface area contributed by atoms with Crippen molar-refractivity contribution < 1.29 is 4.79 Å². The van der Waals surface area contributed by atoms with E-state index in [-0.39, 0.29) is 11.2 Å². The maximum Gasteiger partial charge on any atom is 0.239 e. The van der Waals surface area contributed by atoms with Gasteiger partial charge in [0.2, 0.25) is 5.91 Å². The first-order valence-corrected chi connectivity index (χ1v) is 8.76. The van der Waals surface area contributed by atoms with Gasteiger partial charge in [-0.3, -0.25) is 4.79 Å². The zero-order chi connectivity index (χ0) is 16.9. The number of rotatable bonds is 4. The number of halogens is 1. The van der Waals surface area contributed by atoms with Gasteiger partial charge in [-0.15, -0.1) is 5.10 Å². The molecular formula is C18H16ClN3OS. The number of carbonyl (C=O) groups is 1. The molecule has 1 aliphatic heterocycles. The van der Waals surface area contributed by atoms with Crippen LogP contribution in [0.4, 0.5) is 0 Å². The van der Waals surface area contributed by atoms with Crippen LogP contribution < -0.4 is 5.32 Å². The van der Waals surface area contributed by atoms with E-state index in [4.69, 9.17) is 11.6 Å². The predicted octanol–water partition coefficient (Wildman–Crippen LogP) is 3.81. The molecule has 3 rings (SSSR count). The maximum absolute atomic E-state index is 12.1. The van der Waals surface area contributed by atoms with Gasteiger partial charge in [0.15, 0.2) is 5.17 Å². The standard InChI is InChI=1S/C18H16ClN3OS/c1-12-5-4-6-13(9-12)10-16-17(23)21-18(24-16)22-20-11-14-7-2-3-8-15(14)19/h2-9,11,16H,10H2,1H3,(H,21,22,23)/b20-11+. The van der Waals surface area contributed by atoms with Crippen LogP contribution in [-0.4, -0.2) is 22.5 Å². The Morgan fingerprint density at radius 2 is 2.08 bits per heavy atom. The smallest absolute Gasteiger partial charge is 0.239 e. The van der Waals surface area contributed by atoms with Crippen molar-refractivity contribution in [1.82, 2.24) is 5.32 Å². The highest BCUT2D eigenvalue weighted by atomic mass is 35.5. The topological polar surface area (TPSA) is 53.8 Å². The number of benzene rings is 2. The Kier molecular flexibility index (Phi) is 5.33. The van der Waals surface area contributed by atoms with E-state index in [0.717, 1.165) is 11.1 Å². The Bertz CT molecular complexity index is 819. The Balaban J connectivity index is 1.65. The lowest BCUT2D eigenvalue weighted by atomic mass is 10.1. The SMILES string of the molecule is Cc1cccc(CC2S/C(=N\N=C\c3ccccc3Cl)NC2=O)c1. The molecule has 1 saturated heterocycles. The van der Waals surface area contributed by atoms with Crippen LogP contribution in [0.15, 0.2) is 58.7 Å². The largest absolute Gasteiger partial charge is 0.303 e. The zero-order valence-electron chi connectivity index (χ0n) is 13.1. The quantitative estimate of drug-likeness (QED) is 0.668. The molecular weight excluding hydrogens is 342 g/mol. The van der Waals surface area contributed by atoms with Gasteiger partial charge in [-0.05, 0) is 25.0 Å². The highest BCUT2D eigenvalue weighted by Gasteiger charge is 2.30. The number of amides is 1. The monoisotopic (exact) mass is 357 g/mol. The van der Waals surface area contributed by atoms with Crippen LogP contribution in [0.2, 0.25) is 5.02 Å². The molecule has 0 spiro atoms. The fourth-order valence-corrected chi connectivity index (χ4v) is 3.51. The van der Waals surface area contributed by atoms with Crippen LogP contribution in [0.5, 0.6) is 0 Å². The summed E-state index contributed by atoms with van der Waals surface area (Å²) >= 11 is 7.46. The van der Waals surface area contributed by atoms with Gasteiger partial charge >= 0.3 is 0 Å². The molecule has 0 radical (unpaired) electrons. The number of amidine groups is 1. The minimum absolute atomic E-state index is 0.0341. The highest BCUT2D eigenvalue weighted by Crippen LogP contribution is 2.23. The van der Waals surface area contributed by atoms with Crippen molar-refractivity contribution in [3.05, 3.63) is 70.2 Å². The van der Waals surface area contributed by atoms with Crippen molar-refractivity contribution in [3.63, 3.8) is 0 Å². The van der Waals surface area contributed by atoms with Gasteiger partial charge in [0, 0.05) is 10.6 Å². The van der Waals surface area contributed by atoms with Crippen molar-refractivity contribution in [2.45, 2.75) is 18.6 Å². The molecule has 0 bridgehead atoms. The van der Waals surface area contributed by atoms with E-state index in [1.54, 1.807) is 12.3 Å². The Labute approximate surface area is 150 Å². The third-order valence-corrected chi connectivity index (χ3v) is 4.95. The summed E-state index contributed by atoms with van der Waals surface area (Å²) in [6.45, 7) is 2.04. The molecule has 1 atom stereocenters. The number of carbonyl (C=O) groups excluding carboxylic acids is 1. The number of thioether (sulfide) groups is 1. The van der Waals surface area contributed by atoms with Crippen LogP contribution in [0.3, 0.4) is 0 Å². The molecule has 1 heterocycles. The van der Waals surface area contributed by atoms with Crippen LogP contribution in [0, 0.1) is 6.92 Å². The molecule has 0 saturated carbocycles. The van der Waals surface area contributed by atoms with Crippen molar-refractivity contribution in [3.8, 4) is 0 Å². The van der Waals surface area contributed by atoms with E-state index < -0.39 is 0 Å². The lowest BCUT2D eigenvalue weighted by Crippen LogP contribution is -2.25. The molecule has 122 valence electrons. The van der Waals surface area contributed by atoms with Gasteiger partial charge < -0.3 is 5.32 Å². The molecule has 6 heteroatoms. The summed E-state index contributed by atoms with van der Waals surface area (Å²) in [5.41, 5.74) is 3.12. The van der Waals surface area contributed by atoms with Crippen molar-refractivity contribution in [2.75, 3.05) is 0 Å². The van der Waals surface area contributed by atoms with E-state index in [9.17, 15) is 4.79 Å². The molecule has 1 unspecified atom stereocenters. The minimum atomic E-state index is -0.180. The van der Waals surface area contributed by atoms with E-state index in [1.807, 2.05) is 43.3 Å². The Hall–Kier alpha value is -2.11. The maximum atomic E-state index is 12.1. The molecule has 1 aliphatic rings. The number of hydrogen-bond donors (Lipinski definition) is 1. The van der Waals surface area contributed by atoms with Crippen LogP contribution in [0.25, 0.3) is 0 Å². The fraction of sp³-hybridized carbons (Fsp3) is 0.167. The summed E-state index contributed by atoms with van der Waals surface area (Å²) in [5.74, 6) is -0.0341. The molecule has 1 fully saturated rings. The predicted molar refractivity (Wildman–Crippen MR) is 101 cm³/mol. The summed E-state index contributed by atoms with van der Waals surface area (Å²) in [7, 11) is 0. The van der Waals surface area contributed by atoms with Gasteiger partial charge in [-0.2, -0.15) is 5.10 Å². The van der Waals surface area contributed by atoms with Crippen LogP contribution >= 0.6 is 23.4 Å². The molecule has 4 nitrogen and oxygen atoms in total. The number of aryl methyl sites for hydroxylation is 1. The second kappa shape index (κ2) is 7.64. The average molecular weight is 358 g/mol. The third-order valence-electron chi connectivity index (χ3n) is 3.53. The second-order valence-electron chi connectivity index (χ2n) is 5.46. The second-order valence-corrected chi connectivity index (χ2v) is 7.06. The summed E-state index contributed by atoms with van der Waals surface area (Å²) < 4.78 is 0. The first kappa shape index (κ1) is 16.7. The van der Waals surface area contributed by atoms with Crippen LogP contribution in [-0.2, 0) is 11.2 Å². The van der Waals surface area contributed by atoms with Gasteiger partial charge in [-0.25, -0.2) is 0 Å². The van der Waals surface area contributed by atoms with Gasteiger partial charge in [0.05, 0.1) is 11.5 Å². The number of nitrogens with zero attached hydrogens (tertiary/aromatic N) is 2. The molecule has 2 aromatic rings. The normalized spacial score (nSPS) is 19.2. The molecule has 1 amide bonds. The summed E-state index contributed by atoms with van der Waals surface area (Å²) in [4.78, 5) is 12.1. The summed E-state index contributed by atoms with van der Waals surface area (Å²) in [6, 6.07) is 15.6. The van der Waals surface area contributed by atoms with Gasteiger partial charge in [-0.1, -0.05) is 71.4 Å². The lowest BCUT2D eigenvalue weighted by Gasteiger charge is -2.05. The molecule has 2 aromatic carbocycles. The Morgan fingerprint density at radius 3 is 2.88 bits per heavy atom. The van der Waals surface area contributed by atoms with Gasteiger partial charge in [0.1, 0.15) is 0 Å². The molecule has 24 heavy (non-hydrogen) atoms. The van der Waals surface area contributed by atoms with E-state index in [0.29, 0.717) is 16.6 Å². The van der Waals surface area contributed by atoms with Crippen LogP contribution in [0.1, 0.15) is 16.7 Å². The van der Waals surface area contributed by atoms with E-state index in [2.05, 4.69) is 21.6 Å². The van der Waals surface area contributed by atoms with E-state index in [1.165, 1.54) is 17.3 Å². The lowest BCUT2D eigenvalue weighted by molar-refractivity contribution is -0.118. The van der Waals surface area contributed by atoms with Crippen molar-refractivity contribution in [2.24, 2.45) is 10.2 Å². The Morgan fingerprint density at radius 1 is 1.25 bits per heavy atom. The summed E-state index contributed by atoms with van der Waals surface area (Å²) in [6.07, 6.45) is 2.25. The third kappa shape index (κ3) is 4.24. The fourth-order valence-electron chi connectivity index (χ4n) is 2.36. The minimum Gasteiger partial charge on any atom is -0.303 e. The van der Waals surface area contributed by atoms with Crippen molar-refractivity contribution >= 4 is 40.7 Å². The molecule has 1 N–H and O–H groups in total. The van der Waals surface area contributed by atoms with Gasteiger partial charge in [0.25, 0.3) is 0 Å². The summed E-state index contributed by atoms with van der Waals surface area (Å²) in [5, 5.41) is 11.8. The number of hydrogen-bond acceptors (Lipinski definition) is 4.